The maximum absolute atomic E-state index is 11.1. The molecular formula is C10H12BrO2-. The molecule has 0 aliphatic heterocycles. The first-order chi connectivity index (χ1) is 5.92. The molecule has 1 fully saturated rings. The lowest BCUT2D eigenvalue weighted by Gasteiger charge is -2.48. The first-order valence-corrected chi connectivity index (χ1v) is 5.31. The van der Waals surface area contributed by atoms with E-state index in [1.807, 2.05) is 13.0 Å². The van der Waals surface area contributed by atoms with E-state index in [2.05, 4.69) is 15.9 Å². The van der Waals surface area contributed by atoms with Crippen LogP contribution >= 0.6 is 15.9 Å². The van der Waals surface area contributed by atoms with Gasteiger partial charge in [0.15, 0.2) is 0 Å². The molecule has 0 radical (unpaired) electrons. The highest BCUT2D eigenvalue weighted by Gasteiger charge is 2.59. The number of carboxylic acids is 1. The molecule has 2 nitrogen and oxygen atoms in total. The highest BCUT2D eigenvalue weighted by atomic mass is 79.9. The van der Waals surface area contributed by atoms with E-state index in [4.69, 9.17) is 0 Å². The molecule has 0 amide bonds. The molecular weight excluding hydrogens is 232 g/mol. The van der Waals surface area contributed by atoms with Crippen molar-refractivity contribution in [3.63, 3.8) is 0 Å². The monoisotopic (exact) mass is 243 g/mol. The van der Waals surface area contributed by atoms with Crippen molar-refractivity contribution >= 4 is 21.9 Å². The number of carbonyl (C=O) groups is 1. The van der Waals surface area contributed by atoms with Crippen LogP contribution in [-0.2, 0) is 4.79 Å². The Labute approximate surface area is 86.1 Å². The lowest BCUT2D eigenvalue weighted by atomic mass is 9.59. The molecule has 13 heavy (non-hydrogen) atoms. The van der Waals surface area contributed by atoms with E-state index < -0.39 is 11.4 Å². The van der Waals surface area contributed by atoms with Crippen molar-refractivity contribution in [1.29, 1.82) is 0 Å². The molecule has 0 heterocycles. The van der Waals surface area contributed by atoms with Crippen molar-refractivity contribution in [2.45, 2.75) is 26.7 Å². The summed E-state index contributed by atoms with van der Waals surface area (Å²) in [5.74, 6) is -0.510. The Kier molecular flexibility index (Phi) is 1.69. The summed E-state index contributed by atoms with van der Waals surface area (Å²) in [7, 11) is 0. The molecule has 3 heteroatoms. The highest BCUT2D eigenvalue weighted by Crippen LogP contribution is 2.66. The lowest BCUT2D eigenvalue weighted by Crippen LogP contribution is -2.51. The zero-order valence-electron chi connectivity index (χ0n) is 7.76. The maximum atomic E-state index is 11.1. The summed E-state index contributed by atoms with van der Waals surface area (Å²) in [6.07, 6.45) is 3.71. The summed E-state index contributed by atoms with van der Waals surface area (Å²) in [5.41, 5.74) is -0.862. The molecule has 72 valence electrons. The molecule has 0 spiro atoms. The Morgan fingerprint density at radius 2 is 2.31 bits per heavy atom. The molecule has 0 aromatic rings. The molecule has 0 N–H and O–H groups in total. The second kappa shape index (κ2) is 2.38. The Bertz CT molecular complexity index is 310. The molecule has 3 unspecified atom stereocenters. The molecule has 0 bridgehead atoms. The maximum Gasteiger partial charge on any atom is 0.0482 e. The number of rotatable bonds is 1. The summed E-state index contributed by atoms with van der Waals surface area (Å²) in [4.78, 5) is 11.1. The van der Waals surface area contributed by atoms with E-state index in [1.165, 1.54) is 4.48 Å². The first-order valence-electron chi connectivity index (χ1n) is 4.51. The Hall–Kier alpha value is -0.310. The van der Waals surface area contributed by atoms with Crippen LogP contribution in [-0.4, -0.2) is 5.97 Å². The van der Waals surface area contributed by atoms with Gasteiger partial charge in [0.05, 0.1) is 0 Å². The van der Waals surface area contributed by atoms with Crippen molar-refractivity contribution in [3.05, 3.63) is 10.6 Å². The van der Waals surface area contributed by atoms with Crippen LogP contribution in [0.2, 0.25) is 0 Å². The minimum Gasteiger partial charge on any atom is -0.550 e. The van der Waals surface area contributed by atoms with Gasteiger partial charge in [-0.25, -0.2) is 0 Å². The number of fused-ring (bicyclic) bond motifs is 1. The molecule has 0 aromatic carbocycles. The van der Waals surface area contributed by atoms with Gasteiger partial charge in [-0.05, 0) is 23.2 Å². The fourth-order valence-electron chi connectivity index (χ4n) is 2.68. The van der Waals surface area contributed by atoms with Crippen LogP contribution in [0.5, 0.6) is 0 Å². The topological polar surface area (TPSA) is 40.1 Å². The van der Waals surface area contributed by atoms with Gasteiger partial charge >= 0.3 is 0 Å². The van der Waals surface area contributed by atoms with Gasteiger partial charge < -0.3 is 9.90 Å². The third kappa shape index (κ3) is 0.862. The molecule has 3 atom stereocenters. The van der Waals surface area contributed by atoms with Gasteiger partial charge in [-0.3, -0.25) is 0 Å². The Morgan fingerprint density at radius 3 is 2.69 bits per heavy atom. The number of hydrogen-bond donors (Lipinski definition) is 0. The van der Waals surface area contributed by atoms with E-state index in [0.717, 1.165) is 12.8 Å². The number of carboxylic acid groups (broad SMARTS) is 1. The second-order valence-electron chi connectivity index (χ2n) is 4.52. The zero-order chi connectivity index (χ0) is 9.85. The van der Waals surface area contributed by atoms with Crippen LogP contribution in [0.1, 0.15) is 26.7 Å². The van der Waals surface area contributed by atoms with Gasteiger partial charge in [0.25, 0.3) is 0 Å². The molecule has 2 aliphatic rings. The van der Waals surface area contributed by atoms with E-state index in [0.29, 0.717) is 5.92 Å². The third-order valence-corrected chi connectivity index (χ3v) is 4.85. The van der Waals surface area contributed by atoms with Crippen molar-refractivity contribution in [2.75, 3.05) is 0 Å². The van der Waals surface area contributed by atoms with Crippen molar-refractivity contribution in [3.8, 4) is 0 Å². The smallest absolute Gasteiger partial charge is 0.0482 e. The van der Waals surface area contributed by atoms with Crippen LogP contribution in [0.25, 0.3) is 0 Å². The summed E-state index contributed by atoms with van der Waals surface area (Å²) in [5, 5.41) is 11.1. The first kappa shape index (κ1) is 9.25. The molecule has 2 aliphatic carbocycles. The van der Waals surface area contributed by atoms with E-state index >= 15 is 0 Å². The van der Waals surface area contributed by atoms with Crippen molar-refractivity contribution in [1.82, 2.24) is 0 Å². The largest absolute Gasteiger partial charge is 0.550 e. The molecule has 1 saturated carbocycles. The Morgan fingerprint density at radius 1 is 1.69 bits per heavy atom. The van der Waals surface area contributed by atoms with Crippen molar-refractivity contribution in [2.24, 2.45) is 16.7 Å². The van der Waals surface area contributed by atoms with E-state index in [-0.39, 0.29) is 5.41 Å². The van der Waals surface area contributed by atoms with E-state index in [9.17, 15) is 9.90 Å². The number of allylic oxidation sites excluding steroid dienone is 2. The minimum absolute atomic E-state index is 0.190. The van der Waals surface area contributed by atoms with Crippen LogP contribution in [0, 0.1) is 16.7 Å². The fraction of sp³-hybridized carbons (Fsp3) is 0.700. The number of hydrogen-bond acceptors (Lipinski definition) is 2. The SMILES string of the molecule is CC1(C(=O)[O-])CCC2C(Br)=CC21C. The van der Waals surface area contributed by atoms with Gasteiger partial charge in [0, 0.05) is 16.8 Å². The average Bonchev–Trinajstić information content (AvgIpc) is 2.22. The number of aliphatic carboxylic acids is 1. The summed E-state index contributed by atoms with van der Waals surface area (Å²) in [6, 6.07) is 0. The van der Waals surface area contributed by atoms with Gasteiger partial charge in [-0.2, -0.15) is 0 Å². The van der Waals surface area contributed by atoms with Gasteiger partial charge in [-0.15, -0.1) is 0 Å². The van der Waals surface area contributed by atoms with Crippen LogP contribution in [0.4, 0.5) is 0 Å². The van der Waals surface area contributed by atoms with Crippen molar-refractivity contribution < 1.29 is 9.90 Å². The zero-order valence-corrected chi connectivity index (χ0v) is 9.35. The van der Waals surface area contributed by atoms with Crippen LogP contribution < -0.4 is 5.11 Å². The molecule has 0 aromatic heterocycles. The minimum atomic E-state index is -0.909. The summed E-state index contributed by atoms with van der Waals surface area (Å²) >= 11 is 3.45. The normalized spacial score (nSPS) is 47.9. The quantitative estimate of drug-likeness (QED) is 0.700. The number of carbonyl (C=O) groups excluding carboxylic acids is 1. The van der Waals surface area contributed by atoms with E-state index in [1.54, 1.807) is 6.92 Å². The van der Waals surface area contributed by atoms with Crippen LogP contribution in [0.15, 0.2) is 10.6 Å². The van der Waals surface area contributed by atoms with Gasteiger partial charge in [0.1, 0.15) is 0 Å². The van der Waals surface area contributed by atoms with Crippen LogP contribution in [0.3, 0.4) is 0 Å². The number of halogens is 1. The predicted octanol–water partition coefficient (Wildman–Crippen LogP) is 1.45. The lowest BCUT2D eigenvalue weighted by molar-refractivity contribution is -0.322. The summed E-state index contributed by atoms with van der Waals surface area (Å²) in [6.45, 7) is 3.82. The average molecular weight is 244 g/mol. The molecule has 2 rings (SSSR count). The Balaban J connectivity index is 2.42. The molecule has 0 saturated heterocycles. The fourth-order valence-corrected chi connectivity index (χ4v) is 3.86. The summed E-state index contributed by atoms with van der Waals surface area (Å²) < 4.78 is 1.17. The second-order valence-corrected chi connectivity index (χ2v) is 5.44. The van der Waals surface area contributed by atoms with Gasteiger partial charge in [-0.1, -0.05) is 35.9 Å². The standard InChI is InChI=1S/C10H13BrO2/c1-9(8(12)13)4-3-6-7(11)5-10(6,9)2/h5-6H,3-4H2,1-2H3,(H,12,13)/p-1. The predicted molar refractivity (Wildman–Crippen MR) is 51.0 cm³/mol. The van der Waals surface area contributed by atoms with Gasteiger partial charge in [0.2, 0.25) is 0 Å². The third-order valence-electron chi connectivity index (χ3n) is 4.07. The highest BCUT2D eigenvalue weighted by molar-refractivity contribution is 9.11.